The Morgan fingerprint density at radius 2 is 2.00 bits per heavy atom. The molecule has 0 radical (unpaired) electrons. The van der Waals surface area contributed by atoms with Gasteiger partial charge in [-0.25, -0.2) is 0 Å². The van der Waals surface area contributed by atoms with Crippen molar-refractivity contribution in [3.63, 3.8) is 0 Å². The third-order valence-electron chi connectivity index (χ3n) is 0.688. The minimum atomic E-state index is 0.988. The Kier molecular flexibility index (Phi) is 5.04. The third-order valence-corrected chi connectivity index (χ3v) is 1.03. The molecule has 0 saturated carbocycles. The molecule has 1 atom stereocenters. The Hall–Kier alpha value is -0.680. The fourth-order valence-electron chi connectivity index (χ4n) is 0.376. The van der Waals surface area contributed by atoms with Crippen LogP contribution in [0, 0.1) is 0 Å². The van der Waals surface area contributed by atoms with Gasteiger partial charge in [-0.15, -0.1) is 13.2 Å². The van der Waals surface area contributed by atoms with E-state index in [1.807, 2.05) is 18.2 Å². The maximum atomic E-state index is 3.94. The second-order valence-electron chi connectivity index (χ2n) is 1.25. The quantitative estimate of drug-likeness (QED) is 0.391. The average molecular weight is 139 g/mol. The molecular formula is C7H10NP. The number of hydrogen-bond acceptors (Lipinski definition) is 1. The summed E-state index contributed by atoms with van der Waals surface area (Å²) in [5, 5.41) is 0. The van der Waals surface area contributed by atoms with Gasteiger partial charge in [0.05, 0.1) is 5.44 Å². The van der Waals surface area contributed by atoms with Crippen LogP contribution in [0.15, 0.2) is 37.6 Å². The molecule has 1 aromatic rings. The van der Waals surface area contributed by atoms with Crippen molar-refractivity contribution in [1.29, 1.82) is 0 Å². The molecule has 0 amide bonds. The molecule has 1 aromatic heterocycles. The molecule has 0 aromatic carbocycles. The smallest absolute Gasteiger partial charge is 0.0569 e. The van der Waals surface area contributed by atoms with E-state index in [4.69, 9.17) is 0 Å². The van der Waals surface area contributed by atoms with Crippen molar-refractivity contribution in [1.82, 2.24) is 4.98 Å². The molecular weight excluding hydrogens is 129 g/mol. The number of nitrogens with zero attached hydrogens (tertiary/aromatic N) is 1. The molecule has 0 fully saturated rings. The van der Waals surface area contributed by atoms with E-state index < -0.39 is 0 Å². The molecule has 1 unspecified atom stereocenters. The van der Waals surface area contributed by atoms with Gasteiger partial charge >= 0.3 is 0 Å². The van der Waals surface area contributed by atoms with Crippen LogP contribution in [0.4, 0.5) is 0 Å². The highest BCUT2D eigenvalue weighted by Gasteiger charge is 1.73. The third kappa shape index (κ3) is 3.87. The molecule has 9 heavy (non-hydrogen) atoms. The standard InChI is InChI=1S/C5H6NP.C2H4/c7-5-3-1-2-4-6-5;1-2/h1-4H,7H2;1-2H2. The Morgan fingerprint density at radius 1 is 1.33 bits per heavy atom. The Labute approximate surface area is 58.0 Å². The zero-order valence-electron chi connectivity index (χ0n) is 5.25. The largest absolute Gasteiger partial charge is 0.257 e. The minimum absolute atomic E-state index is 0.988. The van der Waals surface area contributed by atoms with Crippen molar-refractivity contribution < 1.29 is 0 Å². The first-order chi connectivity index (χ1) is 4.39. The van der Waals surface area contributed by atoms with Crippen LogP contribution in [0.2, 0.25) is 0 Å². The van der Waals surface area contributed by atoms with Gasteiger partial charge in [-0.1, -0.05) is 15.3 Å². The fourth-order valence-corrected chi connectivity index (χ4v) is 0.573. The topological polar surface area (TPSA) is 12.9 Å². The molecule has 0 spiro atoms. The van der Waals surface area contributed by atoms with Crippen LogP contribution in [0.3, 0.4) is 0 Å². The summed E-state index contributed by atoms with van der Waals surface area (Å²) < 4.78 is 0. The molecule has 0 aliphatic carbocycles. The minimum Gasteiger partial charge on any atom is -0.257 e. The lowest BCUT2D eigenvalue weighted by atomic mass is 10.5. The van der Waals surface area contributed by atoms with Gasteiger partial charge < -0.3 is 0 Å². The lowest BCUT2D eigenvalue weighted by molar-refractivity contribution is 1.40. The first-order valence-electron chi connectivity index (χ1n) is 2.56. The van der Waals surface area contributed by atoms with Crippen LogP contribution in [-0.4, -0.2) is 4.98 Å². The molecule has 0 N–H and O–H groups in total. The Bertz CT molecular complexity index is 150. The van der Waals surface area contributed by atoms with E-state index in [0.717, 1.165) is 5.44 Å². The van der Waals surface area contributed by atoms with E-state index in [2.05, 4.69) is 27.4 Å². The molecule has 0 aliphatic rings. The monoisotopic (exact) mass is 139 g/mol. The molecule has 0 bridgehead atoms. The zero-order valence-corrected chi connectivity index (χ0v) is 6.40. The van der Waals surface area contributed by atoms with E-state index >= 15 is 0 Å². The second kappa shape index (κ2) is 5.46. The first-order valence-corrected chi connectivity index (χ1v) is 3.14. The van der Waals surface area contributed by atoms with Crippen molar-refractivity contribution >= 4 is 14.7 Å². The van der Waals surface area contributed by atoms with E-state index in [9.17, 15) is 0 Å². The van der Waals surface area contributed by atoms with E-state index in [0.29, 0.717) is 0 Å². The summed E-state index contributed by atoms with van der Waals surface area (Å²) in [5.74, 6) is 0. The fraction of sp³-hybridized carbons (Fsp3) is 0. The van der Waals surface area contributed by atoms with Gasteiger partial charge in [0.1, 0.15) is 0 Å². The summed E-state index contributed by atoms with van der Waals surface area (Å²) in [6, 6.07) is 5.79. The van der Waals surface area contributed by atoms with Gasteiger partial charge in [0.15, 0.2) is 0 Å². The number of hydrogen-bond donors (Lipinski definition) is 0. The molecule has 0 saturated heterocycles. The van der Waals surface area contributed by atoms with Gasteiger partial charge in [-0.3, -0.25) is 4.98 Å². The van der Waals surface area contributed by atoms with E-state index in [-0.39, 0.29) is 0 Å². The lowest BCUT2D eigenvalue weighted by Crippen LogP contribution is -1.91. The number of rotatable bonds is 0. The molecule has 1 nitrogen and oxygen atoms in total. The van der Waals surface area contributed by atoms with Crippen LogP contribution in [0.5, 0.6) is 0 Å². The predicted octanol–water partition coefficient (Wildman–Crippen LogP) is 1.38. The van der Waals surface area contributed by atoms with Gasteiger partial charge in [0.25, 0.3) is 0 Å². The summed E-state index contributed by atoms with van der Waals surface area (Å²) in [7, 11) is 2.52. The summed E-state index contributed by atoms with van der Waals surface area (Å²) in [4.78, 5) is 3.94. The predicted molar refractivity (Wildman–Crippen MR) is 44.8 cm³/mol. The van der Waals surface area contributed by atoms with Crippen molar-refractivity contribution in [3.8, 4) is 0 Å². The normalized spacial score (nSPS) is 7.22. The first kappa shape index (κ1) is 8.32. The highest BCUT2D eigenvalue weighted by molar-refractivity contribution is 7.26. The van der Waals surface area contributed by atoms with Crippen LogP contribution in [0.25, 0.3) is 0 Å². The van der Waals surface area contributed by atoms with Gasteiger partial charge in [-0.2, -0.15) is 0 Å². The van der Waals surface area contributed by atoms with Gasteiger partial charge in [0.2, 0.25) is 0 Å². The molecule has 1 rings (SSSR count). The Morgan fingerprint density at radius 3 is 2.22 bits per heavy atom. The van der Waals surface area contributed by atoms with Crippen LogP contribution in [-0.2, 0) is 0 Å². The summed E-state index contributed by atoms with van der Waals surface area (Å²) in [5.41, 5.74) is 0.988. The van der Waals surface area contributed by atoms with Crippen LogP contribution >= 0.6 is 9.24 Å². The average Bonchev–Trinajstić information content (AvgIpc) is 1.94. The van der Waals surface area contributed by atoms with E-state index in [1.165, 1.54) is 0 Å². The lowest BCUT2D eigenvalue weighted by Gasteiger charge is -1.82. The highest BCUT2D eigenvalue weighted by Crippen LogP contribution is 1.80. The molecule has 1 heterocycles. The van der Waals surface area contributed by atoms with E-state index in [1.54, 1.807) is 6.20 Å². The van der Waals surface area contributed by atoms with Gasteiger partial charge in [0, 0.05) is 6.20 Å². The molecule has 2 heteroatoms. The second-order valence-corrected chi connectivity index (χ2v) is 1.85. The zero-order chi connectivity index (χ0) is 7.11. The van der Waals surface area contributed by atoms with Crippen molar-refractivity contribution in [2.75, 3.05) is 0 Å². The highest BCUT2D eigenvalue weighted by atomic mass is 31.0. The van der Waals surface area contributed by atoms with Gasteiger partial charge in [-0.05, 0) is 12.1 Å². The molecule has 0 aliphatic heterocycles. The maximum absolute atomic E-state index is 3.94. The van der Waals surface area contributed by atoms with Crippen molar-refractivity contribution in [3.05, 3.63) is 37.6 Å². The van der Waals surface area contributed by atoms with Crippen LogP contribution < -0.4 is 5.44 Å². The maximum Gasteiger partial charge on any atom is 0.0569 e. The van der Waals surface area contributed by atoms with Crippen molar-refractivity contribution in [2.45, 2.75) is 0 Å². The number of pyridine rings is 1. The Balaban J connectivity index is 0.000000291. The molecule has 48 valence electrons. The SMILES string of the molecule is C=C.Pc1ccccn1. The summed E-state index contributed by atoms with van der Waals surface area (Å²) in [6.07, 6.45) is 1.77. The van der Waals surface area contributed by atoms with Crippen molar-refractivity contribution in [2.24, 2.45) is 0 Å². The number of aromatic nitrogens is 1. The summed E-state index contributed by atoms with van der Waals surface area (Å²) >= 11 is 0. The summed E-state index contributed by atoms with van der Waals surface area (Å²) in [6.45, 7) is 6.00. The van der Waals surface area contributed by atoms with Crippen LogP contribution in [0.1, 0.15) is 0 Å².